The highest BCUT2D eigenvalue weighted by Gasteiger charge is 2.11. The van der Waals surface area contributed by atoms with Gasteiger partial charge in [-0.25, -0.2) is 9.18 Å². The van der Waals surface area contributed by atoms with Crippen LogP contribution in [0.15, 0.2) is 18.2 Å². The Morgan fingerprint density at radius 3 is 2.67 bits per heavy atom. The quantitative estimate of drug-likeness (QED) is 0.830. The Kier molecular flexibility index (Phi) is 4.85. The predicted octanol–water partition coefficient (Wildman–Crippen LogP) is 1.94. The first-order valence-corrected chi connectivity index (χ1v) is 5.20. The first kappa shape index (κ1) is 14.2. The number of urea groups is 1. The summed E-state index contributed by atoms with van der Waals surface area (Å²) in [7, 11) is 0.904. The van der Waals surface area contributed by atoms with Crippen molar-refractivity contribution >= 4 is 29.2 Å². The Labute approximate surface area is 107 Å². The number of carbonyl (C=O) groups is 2. The molecule has 0 bridgehead atoms. The lowest BCUT2D eigenvalue weighted by atomic mass is 10.3. The molecular weight excluding hydrogens is 268 g/mol. The number of anilines is 1. The SMILES string of the molecule is CN(F)C(=O)CNC(=O)Nc1ccc(Cl)cc1F. The standard InChI is InChI=1S/C10H10ClF2N3O2/c1-16(13)9(17)5-14-10(18)15-8-3-2-6(11)4-7(8)12/h2-4H,5H2,1H3,(H2,14,15,18). The number of nitrogens with one attached hydrogen (secondary N) is 2. The molecule has 18 heavy (non-hydrogen) atoms. The Bertz CT molecular complexity index is 468. The van der Waals surface area contributed by atoms with Gasteiger partial charge in [-0.3, -0.25) is 4.79 Å². The van der Waals surface area contributed by atoms with Gasteiger partial charge >= 0.3 is 6.03 Å². The Morgan fingerprint density at radius 1 is 1.44 bits per heavy atom. The van der Waals surface area contributed by atoms with E-state index in [-0.39, 0.29) is 15.8 Å². The monoisotopic (exact) mass is 277 g/mol. The van der Waals surface area contributed by atoms with E-state index in [1.54, 1.807) is 0 Å². The van der Waals surface area contributed by atoms with Crippen molar-refractivity contribution in [2.75, 3.05) is 18.9 Å². The second kappa shape index (κ2) is 6.15. The summed E-state index contributed by atoms with van der Waals surface area (Å²) in [6.07, 6.45) is 0. The van der Waals surface area contributed by atoms with Gasteiger partial charge in [-0.05, 0) is 18.2 Å². The number of rotatable bonds is 3. The summed E-state index contributed by atoms with van der Waals surface area (Å²) in [6.45, 7) is -0.534. The summed E-state index contributed by atoms with van der Waals surface area (Å²) >= 11 is 5.53. The molecule has 0 aromatic heterocycles. The third-order valence-electron chi connectivity index (χ3n) is 1.92. The van der Waals surface area contributed by atoms with Crippen LogP contribution in [-0.4, -0.2) is 30.7 Å². The maximum Gasteiger partial charge on any atom is 0.319 e. The number of hydrogen-bond donors (Lipinski definition) is 2. The van der Waals surface area contributed by atoms with Crippen molar-refractivity contribution in [3.63, 3.8) is 0 Å². The highest BCUT2D eigenvalue weighted by Crippen LogP contribution is 2.18. The molecule has 0 aliphatic heterocycles. The van der Waals surface area contributed by atoms with Gasteiger partial charge in [0.25, 0.3) is 5.91 Å². The second-order valence-corrected chi connectivity index (χ2v) is 3.74. The molecular formula is C10H10ClF2N3O2. The summed E-state index contributed by atoms with van der Waals surface area (Å²) in [4.78, 5) is 22.1. The van der Waals surface area contributed by atoms with Crippen molar-refractivity contribution in [3.05, 3.63) is 29.0 Å². The van der Waals surface area contributed by atoms with E-state index in [1.165, 1.54) is 12.1 Å². The van der Waals surface area contributed by atoms with Crippen LogP contribution < -0.4 is 10.6 Å². The Morgan fingerprint density at radius 2 is 2.11 bits per heavy atom. The van der Waals surface area contributed by atoms with E-state index < -0.39 is 24.3 Å². The molecule has 8 heteroatoms. The fraction of sp³-hybridized carbons (Fsp3) is 0.200. The van der Waals surface area contributed by atoms with E-state index in [0.29, 0.717) is 0 Å². The molecule has 98 valence electrons. The summed E-state index contributed by atoms with van der Waals surface area (Å²) in [5.41, 5.74) is -0.0991. The number of hydrogen-bond acceptors (Lipinski definition) is 2. The van der Waals surface area contributed by atoms with E-state index in [1.807, 2.05) is 0 Å². The maximum atomic E-state index is 13.3. The number of benzene rings is 1. The third-order valence-corrected chi connectivity index (χ3v) is 2.16. The topological polar surface area (TPSA) is 61.4 Å². The summed E-state index contributed by atoms with van der Waals surface area (Å²) in [5, 5.41) is 4.25. The predicted molar refractivity (Wildman–Crippen MR) is 62.3 cm³/mol. The average molecular weight is 278 g/mol. The molecule has 0 saturated heterocycles. The van der Waals surface area contributed by atoms with Crippen LogP contribution in [-0.2, 0) is 4.79 Å². The maximum absolute atomic E-state index is 13.3. The van der Waals surface area contributed by atoms with Gasteiger partial charge in [0.05, 0.1) is 5.69 Å². The Hall–Kier alpha value is -1.89. The van der Waals surface area contributed by atoms with Crippen LogP contribution in [0.4, 0.5) is 19.4 Å². The van der Waals surface area contributed by atoms with E-state index in [2.05, 4.69) is 10.6 Å². The molecule has 2 N–H and O–H groups in total. The van der Waals surface area contributed by atoms with Crippen LogP contribution in [0.2, 0.25) is 5.02 Å². The van der Waals surface area contributed by atoms with E-state index in [0.717, 1.165) is 13.1 Å². The fourth-order valence-electron chi connectivity index (χ4n) is 1.02. The van der Waals surface area contributed by atoms with Gasteiger partial charge in [0.1, 0.15) is 12.4 Å². The summed E-state index contributed by atoms with van der Waals surface area (Å²) < 4.78 is 25.6. The molecule has 0 radical (unpaired) electrons. The third kappa shape index (κ3) is 4.17. The average Bonchev–Trinajstić information content (AvgIpc) is 2.29. The van der Waals surface area contributed by atoms with Crippen molar-refractivity contribution in [1.82, 2.24) is 10.4 Å². The van der Waals surface area contributed by atoms with Crippen molar-refractivity contribution in [2.45, 2.75) is 0 Å². The highest BCUT2D eigenvalue weighted by molar-refractivity contribution is 6.30. The van der Waals surface area contributed by atoms with Crippen LogP contribution in [0.3, 0.4) is 0 Å². The highest BCUT2D eigenvalue weighted by atomic mass is 35.5. The zero-order valence-corrected chi connectivity index (χ0v) is 10.1. The lowest BCUT2D eigenvalue weighted by Crippen LogP contribution is -2.37. The van der Waals surface area contributed by atoms with Gasteiger partial charge in [-0.1, -0.05) is 16.1 Å². The molecule has 0 unspecified atom stereocenters. The van der Waals surface area contributed by atoms with Crippen LogP contribution in [0.5, 0.6) is 0 Å². The molecule has 1 rings (SSSR count). The van der Waals surface area contributed by atoms with Crippen molar-refractivity contribution < 1.29 is 18.5 Å². The molecule has 0 heterocycles. The largest absolute Gasteiger partial charge is 0.329 e. The molecule has 0 fully saturated rings. The van der Waals surface area contributed by atoms with Gasteiger partial charge in [0, 0.05) is 12.1 Å². The van der Waals surface area contributed by atoms with Gasteiger partial charge in [0.2, 0.25) is 0 Å². The van der Waals surface area contributed by atoms with Crippen molar-refractivity contribution in [1.29, 1.82) is 0 Å². The first-order chi connectivity index (χ1) is 8.40. The van der Waals surface area contributed by atoms with Gasteiger partial charge in [-0.2, -0.15) is 5.12 Å². The number of halogens is 3. The molecule has 0 atom stereocenters. The lowest BCUT2D eigenvalue weighted by Gasteiger charge is -2.09. The summed E-state index contributed by atoms with van der Waals surface area (Å²) in [6, 6.07) is 2.85. The fourth-order valence-corrected chi connectivity index (χ4v) is 1.18. The molecule has 5 nitrogen and oxygen atoms in total. The molecule has 1 aromatic rings. The molecule has 1 aromatic carbocycles. The van der Waals surface area contributed by atoms with E-state index >= 15 is 0 Å². The molecule has 0 aliphatic rings. The smallest absolute Gasteiger partial charge is 0.319 e. The molecule has 3 amide bonds. The summed E-state index contributed by atoms with van der Waals surface area (Å²) in [5.74, 6) is -1.65. The first-order valence-electron chi connectivity index (χ1n) is 4.82. The second-order valence-electron chi connectivity index (χ2n) is 3.30. The lowest BCUT2D eigenvalue weighted by molar-refractivity contribution is -0.141. The van der Waals surface area contributed by atoms with Gasteiger partial charge in [-0.15, -0.1) is 0 Å². The van der Waals surface area contributed by atoms with Crippen molar-refractivity contribution in [3.8, 4) is 0 Å². The van der Waals surface area contributed by atoms with Crippen molar-refractivity contribution in [2.24, 2.45) is 0 Å². The van der Waals surface area contributed by atoms with Gasteiger partial charge < -0.3 is 10.6 Å². The van der Waals surface area contributed by atoms with Gasteiger partial charge in [0.15, 0.2) is 0 Å². The minimum Gasteiger partial charge on any atom is -0.329 e. The molecule has 0 spiro atoms. The normalized spacial score (nSPS) is 9.78. The van der Waals surface area contributed by atoms with Crippen LogP contribution in [0.1, 0.15) is 0 Å². The number of nitrogens with zero attached hydrogens (tertiary/aromatic N) is 1. The Balaban J connectivity index is 2.52. The molecule has 0 aliphatic carbocycles. The van der Waals surface area contributed by atoms with Crippen LogP contribution in [0, 0.1) is 5.82 Å². The van der Waals surface area contributed by atoms with E-state index in [4.69, 9.17) is 11.6 Å². The van der Waals surface area contributed by atoms with E-state index in [9.17, 15) is 18.5 Å². The number of likely N-dealkylation sites (N-methyl/N-ethyl adjacent to an activating group) is 1. The number of carbonyl (C=O) groups excluding carboxylic acids is 2. The minimum absolute atomic E-state index is 0.0991. The zero-order chi connectivity index (χ0) is 13.7. The minimum atomic E-state index is -0.929. The number of amides is 3. The zero-order valence-electron chi connectivity index (χ0n) is 9.34. The van der Waals surface area contributed by atoms with Crippen LogP contribution >= 0.6 is 11.6 Å². The van der Waals surface area contributed by atoms with Crippen LogP contribution in [0.25, 0.3) is 0 Å². The molecule has 0 saturated carbocycles.